The first-order chi connectivity index (χ1) is 9.52. The molecule has 0 bridgehead atoms. The smallest absolute Gasteiger partial charge is 0.272 e. The van der Waals surface area contributed by atoms with Crippen LogP contribution in [0.4, 0.5) is 11.4 Å². The molecular weight excluding hydrogens is 301 g/mol. The Labute approximate surface area is 127 Å². The van der Waals surface area contributed by atoms with E-state index in [0.717, 1.165) is 19.3 Å². The second-order valence-corrected chi connectivity index (χ2v) is 5.89. The lowest BCUT2D eigenvalue weighted by molar-refractivity contribution is -0.384. The van der Waals surface area contributed by atoms with Gasteiger partial charge in [-0.05, 0) is 25.3 Å². The highest BCUT2D eigenvalue weighted by Gasteiger charge is 2.25. The summed E-state index contributed by atoms with van der Waals surface area (Å²) in [5.41, 5.74) is 6.24. The number of hydrogen-bond donors (Lipinski definition) is 2. The van der Waals surface area contributed by atoms with Crippen LogP contribution in [0.25, 0.3) is 0 Å². The van der Waals surface area contributed by atoms with Gasteiger partial charge in [0, 0.05) is 18.2 Å². The molecule has 0 aromatic heterocycles. The van der Waals surface area contributed by atoms with Crippen molar-refractivity contribution in [3.8, 4) is 0 Å². The van der Waals surface area contributed by atoms with E-state index in [9.17, 15) is 10.1 Å². The molecule has 1 aliphatic rings. The molecule has 0 radical (unpaired) electrons. The molecule has 0 spiro atoms. The highest BCUT2D eigenvalue weighted by Crippen LogP contribution is 2.37. The Morgan fingerprint density at radius 1 is 1.30 bits per heavy atom. The predicted molar refractivity (Wildman–Crippen MR) is 81.5 cm³/mol. The van der Waals surface area contributed by atoms with Crippen molar-refractivity contribution in [2.75, 3.05) is 11.9 Å². The molecule has 110 valence electrons. The Hall–Kier alpha value is -1.04. The lowest BCUT2D eigenvalue weighted by Gasteiger charge is -2.32. The average Bonchev–Trinajstić information content (AvgIpc) is 2.42. The van der Waals surface area contributed by atoms with Crippen molar-refractivity contribution >= 4 is 34.6 Å². The Bertz CT molecular complexity index is 487. The van der Waals surface area contributed by atoms with Crippen molar-refractivity contribution in [2.24, 2.45) is 11.7 Å². The first kappa shape index (κ1) is 15.4. The van der Waals surface area contributed by atoms with Crippen molar-refractivity contribution in [3.63, 3.8) is 0 Å². The monoisotopic (exact) mass is 317 g/mol. The molecule has 1 fully saturated rings. The summed E-state index contributed by atoms with van der Waals surface area (Å²) in [6, 6.07) is 2.84. The summed E-state index contributed by atoms with van der Waals surface area (Å²) in [7, 11) is 0. The SMILES string of the molecule is NCC1CCCCC1Nc1c(Cl)cc([N+](=O)[O-])cc1Cl. The molecule has 0 amide bonds. The number of halogens is 2. The van der Waals surface area contributed by atoms with Gasteiger partial charge >= 0.3 is 0 Å². The van der Waals surface area contributed by atoms with Crippen molar-refractivity contribution in [1.82, 2.24) is 0 Å². The fraction of sp³-hybridized carbons (Fsp3) is 0.538. The fourth-order valence-corrected chi connectivity index (χ4v) is 3.25. The summed E-state index contributed by atoms with van der Waals surface area (Å²) < 4.78 is 0. The third-order valence-corrected chi connectivity index (χ3v) is 4.38. The molecule has 5 nitrogen and oxygen atoms in total. The van der Waals surface area contributed by atoms with Crippen LogP contribution >= 0.6 is 23.2 Å². The zero-order valence-electron chi connectivity index (χ0n) is 10.9. The van der Waals surface area contributed by atoms with Crippen LogP contribution in [0.1, 0.15) is 25.7 Å². The van der Waals surface area contributed by atoms with E-state index in [0.29, 0.717) is 18.2 Å². The molecule has 20 heavy (non-hydrogen) atoms. The van der Waals surface area contributed by atoms with Gasteiger partial charge in [0.2, 0.25) is 0 Å². The second kappa shape index (κ2) is 6.61. The van der Waals surface area contributed by atoms with Crippen LogP contribution in [-0.4, -0.2) is 17.5 Å². The lowest BCUT2D eigenvalue weighted by Crippen LogP contribution is -2.36. The van der Waals surface area contributed by atoms with Gasteiger partial charge in [0.1, 0.15) is 0 Å². The Balaban J connectivity index is 2.22. The minimum atomic E-state index is -0.509. The highest BCUT2D eigenvalue weighted by molar-refractivity contribution is 6.39. The predicted octanol–water partition coefficient (Wildman–Crippen LogP) is 3.83. The van der Waals surface area contributed by atoms with Gasteiger partial charge in [-0.15, -0.1) is 0 Å². The molecule has 1 aromatic rings. The maximum absolute atomic E-state index is 10.8. The molecule has 1 aliphatic carbocycles. The molecule has 0 aliphatic heterocycles. The van der Waals surface area contributed by atoms with Crippen molar-refractivity contribution in [1.29, 1.82) is 0 Å². The van der Waals surface area contributed by atoms with Gasteiger partial charge < -0.3 is 11.1 Å². The van der Waals surface area contributed by atoms with E-state index in [1.807, 2.05) is 0 Å². The number of nitrogens with two attached hydrogens (primary N) is 1. The maximum Gasteiger partial charge on any atom is 0.272 e. The number of benzene rings is 1. The molecule has 2 rings (SSSR count). The molecular formula is C13H17Cl2N3O2. The van der Waals surface area contributed by atoms with E-state index < -0.39 is 4.92 Å². The number of nitro groups is 1. The van der Waals surface area contributed by atoms with Gasteiger partial charge in [0.25, 0.3) is 5.69 Å². The number of rotatable bonds is 4. The minimum absolute atomic E-state index is 0.107. The first-order valence-electron chi connectivity index (χ1n) is 6.63. The number of non-ortho nitro benzene ring substituents is 1. The van der Waals surface area contributed by atoms with Crippen molar-refractivity contribution in [2.45, 2.75) is 31.7 Å². The average molecular weight is 318 g/mol. The zero-order valence-corrected chi connectivity index (χ0v) is 12.5. The molecule has 0 saturated heterocycles. The quantitative estimate of drug-likeness (QED) is 0.653. The first-order valence-corrected chi connectivity index (χ1v) is 7.38. The largest absolute Gasteiger partial charge is 0.380 e. The van der Waals surface area contributed by atoms with Crippen LogP contribution in [0.15, 0.2) is 12.1 Å². The normalized spacial score (nSPS) is 22.6. The van der Waals surface area contributed by atoms with Crippen LogP contribution in [0, 0.1) is 16.0 Å². The summed E-state index contributed by atoms with van der Waals surface area (Å²) in [6.45, 7) is 0.611. The summed E-state index contributed by atoms with van der Waals surface area (Å²) in [5, 5.41) is 14.6. The van der Waals surface area contributed by atoms with Gasteiger partial charge in [0.05, 0.1) is 20.7 Å². The lowest BCUT2D eigenvalue weighted by atomic mass is 9.84. The summed E-state index contributed by atoms with van der Waals surface area (Å²) >= 11 is 12.2. The second-order valence-electron chi connectivity index (χ2n) is 5.07. The minimum Gasteiger partial charge on any atom is -0.380 e. The molecule has 2 unspecified atom stereocenters. The molecule has 1 saturated carbocycles. The molecule has 2 atom stereocenters. The zero-order chi connectivity index (χ0) is 14.7. The Morgan fingerprint density at radius 2 is 1.90 bits per heavy atom. The Kier molecular flexibility index (Phi) is 5.07. The molecule has 7 heteroatoms. The summed E-state index contributed by atoms with van der Waals surface area (Å²) in [6.07, 6.45) is 4.40. The van der Waals surface area contributed by atoms with E-state index in [-0.39, 0.29) is 21.8 Å². The van der Waals surface area contributed by atoms with Crippen LogP contribution in [0.3, 0.4) is 0 Å². The van der Waals surface area contributed by atoms with Gasteiger partial charge in [-0.2, -0.15) is 0 Å². The highest BCUT2D eigenvalue weighted by atomic mass is 35.5. The van der Waals surface area contributed by atoms with Crippen LogP contribution in [0.2, 0.25) is 10.0 Å². The number of nitrogens with zero attached hydrogens (tertiary/aromatic N) is 1. The summed E-state index contributed by atoms with van der Waals surface area (Å²) in [4.78, 5) is 10.2. The number of nitro benzene ring substituents is 1. The number of hydrogen-bond acceptors (Lipinski definition) is 4. The molecule has 3 N–H and O–H groups in total. The van der Waals surface area contributed by atoms with Gasteiger partial charge in [-0.25, -0.2) is 0 Å². The molecule has 1 aromatic carbocycles. The third kappa shape index (κ3) is 3.34. The van der Waals surface area contributed by atoms with Crippen LogP contribution in [0.5, 0.6) is 0 Å². The van der Waals surface area contributed by atoms with Gasteiger partial charge in [-0.3, -0.25) is 10.1 Å². The van der Waals surface area contributed by atoms with E-state index >= 15 is 0 Å². The van der Waals surface area contributed by atoms with E-state index in [1.54, 1.807) is 0 Å². The van der Waals surface area contributed by atoms with Gasteiger partial charge in [-0.1, -0.05) is 36.0 Å². The van der Waals surface area contributed by atoms with E-state index in [4.69, 9.17) is 28.9 Å². The third-order valence-electron chi connectivity index (χ3n) is 3.78. The van der Waals surface area contributed by atoms with E-state index in [2.05, 4.69) is 5.32 Å². The standard InChI is InChI=1S/C13H17Cl2N3O2/c14-10-5-9(18(19)20)6-11(15)13(10)17-12-4-2-1-3-8(12)7-16/h5-6,8,12,17H,1-4,7,16H2. The Morgan fingerprint density at radius 3 is 2.45 bits per heavy atom. The van der Waals surface area contributed by atoms with Crippen LogP contribution < -0.4 is 11.1 Å². The maximum atomic E-state index is 10.8. The van der Waals surface area contributed by atoms with Gasteiger partial charge in [0.15, 0.2) is 0 Å². The fourth-order valence-electron chi connectivity index (χ4n) is 2.67. The molecule has 0 heterocycles. The van der Waals surface area contributed by atoms with Crippen LogP contribution in [-0.2, 0) is 0 Å². The summed E-state index contributed by atoms with van der Waals surface area (Å²) in [5.74, 6) is 0.381. The van der Waals surface area contributed by atoms with Crippen molar-refractivity contribution in [3.05, 3.63) is 32.3 Å². The number of nitrogens with one attached hydrogen (secondary N) is 1. The number of anilines is 1. The van der Waals surface area contributed by atoms with Crippen molar-refractivity contribution < 1.29 is 4.92 Å². The topological polar surface area (TPSA) is 81.2 Å². The van der Waals surface area contributed by atoms with E-state index in [1.165, 1.54) is 18.6 Å².